The molecular formula is C12H7ClFNO3. The van der Waals surface area contributed by atoms with Crippen molar-refractivity contribution in [1.29, 1.82) is 0 Å². The number of pyridine rings is 1. The summed E-state index contributed by atoms with van der Waals surface area (Å²) in [4.78, 5) is 14.4. The number of carboxylic acid groups (broad SMARTS) is 1. The van der Waals surface area contributed by atoms with Crippen LogP contribution in [0.5, 0.6) is 11.6 Å². The van der Waals surface area contributed by atoms with E-state index in [1.165, 1.54) is 30.3 Å². The van der Waals surface area contributed by atoms with Crippen LogP contribution in [0, 0.1) is 5.82 Å². The Bertz CT molecular complexity index is 604. The average Bonchev–Trinajstić information content (AvgIpc) is 2.31. The summed E-state index contributed by atoms with van der Waals surface area (Å²) in [6, 6.07) is 6.67. The zero-order valence-corrected chi connectivity index (χ0v) is 9.69. The van der Waals surface area contributed by atoms with E-state index in [0.717, 1.165) is 6.20 Å². The molecule has 4 nitrogen and oxygen atoms in total. The van der Waals surface area contributed by atoms with Crippen molar-refractivity contribution in [1.82, 2.24) is 4.98 Å². The van der Waals surface area contributed by atoms with Gasteiger partial charge in [0.1, 0.15) is 16.6 Å². The Hall–Kier alpha value is -2.14. The first kappa shape index (κ1) is 12.3. The van der Waals surface area contributed by atoms with Gasteiger partial charge in [0.15, 0.2) is 0 Å². The molecule has 0 radical (unpaired) electrons. The van der Waals surface area contributed by atoms with Crippen molar-refractivity contribution in [3.8, 4) is 11.6 Å². The highest BCUT2D eigenvalue weighted by Gasteiger charge is 2.10. The van der Waals surface area contributed by atoms with Crippen molar-refractivity contribution < 1.29 is 19.0 Å². The molecule has 0 fully saturated rings. The van der Waals surface area contributed by atoms with Crippen LogP contribution in [-0.4, -0.2) is 16.1 Å². The van der Waals surface area contributed by atoms with Crippen LogP contribution in [0.1, 0.15) is 10.4 Å². The maximum Gasteiger partial charge on any atom is 0.337 e. The second-order valence-electron chi connectivity index (χ2n) is 3.38. The van der Waals surface area contributed by atoms with Gasteiger partial charge in [-0.2, -0.15) is 0 Å². The molecule has 2 aromatic rings. The van der Waals surface area contributed by atoms with E-state index >= 15 is 0 Å². The second-order valence-corrected chi connectivity index (χ2v) is 3.78. The minimum Gasteiger partial charge on any atom is -0.478 e. The minimum atomic E-state index is -1.14. The molecule has 1 aromatic heterocycles. The molecule has 92 valence electrons. The smallest absolute Gasteiger partial charge is 0.337 e. The monoisotopic (exact) mass is 267 g/mol. The van der Waals surface area contributed by atoms with Crippen LogP contribution in [-0.2, 0) is 0 Å². The van der Waals surface area contributed by atoms with Gasteiger partial charge in [0.2, 0.25) is 5.88 Å². The van der Waals surface area contributed by atoms with Crippen LogP contribution < -0.4 is 4.74 Å². The highest BCUT2D eigenvalue weighted by Crippen LogP contribution is 2.27. The number of aromatic nitrogens is 1. The Morgan fingerprint density at radius 3 is 2.78 bits per heavy atom. The van der Waals surface area contributed by atoms with Crippen LogP contribution in [0.25, 0.3) is 0 Å². The number of aromatic carboxylic acids is 1. The van der Waals surface area contributed by atoms with Gasteiger partial charge in [-0.3, -0.25) is 0 Å². The molecule has 0 amide bonds. The molecular weight excluding hydrogens is 261 g/mol. The Kier molecular flexibility index (Phi) is 3.43. The van der Waals surface area contributed by atoms with E-state index in [9.17, 15) is 9.18 Å². The normalized spacial score (nSPS) is 10.1. The zero-order valence-electron chi connectivity index (χ0n) is 8.93. The van der Waals surface area contributed by atoms with Gasteiger partial charge in [-0.25, -0.2) is 14.2 Å². The number of nitrogens with zero attached hydrogens (tertiary/aromatic N) is 1. The minimum absolute atomic E-state index is 0.0206. The zero-order chi connectivity index (χ0) is 13.1. The molecule has 18 heavy (non-hydrogen) atoms. The summed E-state index contributed by atoms with van der Waals surface area (Å²) in [5.74, 6) is -1.34. The molecule has 0 spiro atoms. The first-order valence-electron chi connectivity index (χ1n) is 4.88. The maximum atomic E-state index is 12.9. The van der Waals surface area contributed by atoms with Crippen molar-refractivity contribution in [3.63, 3.8) is 0 Å². The van der Waals surface area contributed by atoms with Crippen molar-refractivity contribution in [2.45, 2.75) is 0 Å². The number of rotatable bonds is 3. The largest absolute Gasteiger partial charge is 0.478 e. The van der Waals surface area contributed by atoms with Gasteiger partial charge in [0.05, 0.1) is 5.56 Å². The molecule has 0 bridgehead atoms. The van der Waals surface area contributed by atoms with Gasteiger partial charge in [-0.15, -0.1) is 0 Å². The number of benzene rings is 1. The first-order valence-corrected chi connectivity index (χ1v) is 5.26. The summed E-state index contributed by atoms with van der Waals surface area (Å²) in [6.45, 7) is 0. The molecule has 6 heteroatoms. The summed E-state index contributed by atoms with van der Waals surface area (Å²) < 4.78 is 18.2. The highest BCUT2D eigenvalue weighted by atomic mass is 35.5. The molecule has 0 aliphatic heterocycles. The molecule has 0 unspecified atom stereocenters. The standard InChI is InChI=1S/C12H7ClFNO3/c13-10-4-7(12(16)17)6-15-11(10)18-9-3-1-2-8(14)5-9/h1-6H,(H,16,17). The van der Waals surface area contributed by atoms with Gasteiger partial charge in [-0.1, -0.05) is 17.7 Å². The Morgan fingerprint density at radius 1 is 1.39 bits per heavy atom. The third-order valence-electron chi connectivity index (χ3n) is 2.06. The van der Waals surface area contributed by atoms with Crippen molar-refractivity contribution in [2.24, 2.45) is 0 Å². The molecule has 0 atom stereocenters. The average molecular weight is 268 g/mol. The highest BCUT2D eigenvalue weighted by molar-refractivity contribution is 6.32. The van der Waals surface area contributed by atoms with Crippen LogP contribution in [0.15, 0.2) is 36.5 Å². The molecule has 0 saturated carbocycles. The summed E-state index contributed by atoms with van der Waals surface area (Å²) >= 11 is 5.82. The van der Waals surface area contributed by atoms with Crippen LogP contribution in [0.2, 0.25) is 5.02 Å². The number of hydrogen-bond donors (Lipinski definition) is 1. The van der Waals surface area contributed by atoms with Gasteiger partial charge < -0.3 is 9.84 Å². The summed E-state index contributed by atoms with van der Waals surface area (Å²) in [5, 5.41) is 8.78. The van der Waals surface area contributed by atoms with Crippen molar-refractivity contribution in [2.75, 3.05) is 0 Å². The third kappa shape index (κ3) is 2.75. The number of halogens is 2. The number of ether oxygens (including phenoxy) is 1. The molecule has 2 rings (SSSR count). The van der Waals surface area contributed by atoms with Crippen LogP contribution in [0.3, 0.4) is 0 Å². The predicted octanol–water partition coefficient (Wildman–Crippen LogP) is 3.36. The van der Waals surface area contributed by atoms with Crippen molar-refractivity contribution in [3.05, 3.63) is 52.9 Å². The summed E-state index contributed by atoms with van der Waals surface area (Å²) in [7, 11) is 0. The fourth-order valence-electron chi connectivity index (χ4n) is 1.26. The van der Waals surface area contributed by atoms with E-state index in [1.807, 2.05) is 0 Å². The van der Waals surface area contributed by atoms with Crippen LogP contribution in [0.4, 0.5) is 4.39 Å². The van der Waals surface area contributed by atoms with E-state index in [4.69, 9.17) is 21.4 Å². The third-order valence-corrected chi connectivity index (χ3v) is 2.34. The number of carbonyl (C=O) groups is 1. The Morgan fingerprint density at radius 2 is 2.17 bits per heavy atom. The molecule has 1 aromatic carbocycles. The van der Waals surface area contributed by atoms with E-state index in [2.05, 4.69) is 4.98 Å². The van der Waals surface area contributed by atoms with Gasteiger partial charge in [0, 0.05) is 12.3 Å². The molecule has 0 saturated heterocycles. The second kappa shape index (κ2) is 5.01. The molecule has 1 N–H and O–H groups in total. The summed E-state index contributed by atoms with van der Waals surface area (Å²) in [6.07, 6.45) is 1.11. The Labute approximate surface area is 107 Å². The SMILES string of the molecule is O=C(O)c1cnc(Oc2cccc(F)c2)c(Cl)c1. The fourth-order valence-corrected chi connectivity index (χ4v) is 1.46. The topological polar surface area (TPSA) is 59.4 Å². The van der Waals surface area contributed by atoms with Gasteiger partial charge in [-0.05, 0) is 18.2 Å². The van der Waals surface area contributed by atoms with E-state index < -0.39 is 11.8 Å². The quantitative estimate of drug-likeness (QED) is 0.926. The van der Waals surface area contributed by atoms with E-state index in [0.29, 0.717) is 0 Å². The lowest BCUT2D eigenvalue weighted by Crippen LogP contribution is -1.98. The molecule has 0 aliphatic rings. The Balaban J connectivity index is 2.27. The van der Waals surface area contributed by atoms with Crippen molar-refractivity contribution >= 4 is 17.6 Å². The van der Waals surface area contributed by atoms with E-state index in [-0.39, 0.29) is 22.2 Å². The number of carboxylic acids is 1. The predicted molar refractivity (Wildman–Crippen MR) is 62.7 cm³/mol. The maximum absolute atomic E-state index is 12.9. The first-order chi connectivity index (χ1) is 8.56. The lowest BCUT2D eigenvalue weighted by Gasteiger charge is -2.06. The lowest BCUT2D eigenvalue weighted by molar-refractivity contribution is 0.0696. The molecule has 0 aliphatic carbocycles. The van der Waals surface area contributed by atoms with Gasteiger partial charge in [0.25, 0.3) is 0 Å². The van der Waals surface area contributed by atoms with Crippen LogP contribution >= 0.6 is 11.6 Å². The molecule has 1 heterocycles. The summed E-state index contributed by atoms with van der Waals surface area (Å²) in [5.41, 5.74) is -0.0495. The fraction of sp³-hybridized carbons (Fsp3) is 0. The number of hydrogen-bond acceptors (Lipinski definition) is 3. The lowest BCUT2D eigenvalue weighted by atomic mass is 10.3. The van der Waals surface area contributed by atoms with E-state index in [1.54, 1.807) is 0 Å². The van der Waals surface area contributed by atoms with Gasteiger partial charge >= 0.3 is 5.97 Å².